The zero-order chi connectivity index (χ0) is 31.5. The normalized spacial score (nSPS) is 10.4. The minimum absolute atomic E-state index is 0.0718. The summed E-state index contributed by atoms with van der Waals surface area (Å²) in [5, 5.41) is 0. The first kappa shape index (κ1) is 42.0. The van der Waals surface area contributed by atoms with Gasteiger partial charge in [-0.25, -0.2) is 0 Å². The summed E-state index contributed by atoms with van der Waals surface area (Å²) in [6, 6.07) is 0. The van der Waals surface area contributed by atoms with Crippen molar-refractivity contribution in [2.75, 3.05) is 0 Å². The molecule has 0 unspecified atom stereocenters. The van der Waals surface area contributed by atoms with Gasteiger partial charge in [0.25, 0.3) is 0 Å². The molecule has 0 aliphatic rings. The third-order valence-corrected chi connectivity index (χ3v) is 6.39. The summed E-state index contributed by atoms with van der Waals surface area (Å²) in [5.74, 6) is 5.21. The molecule has 4 heteroatoms. The van der Waals surface area contributed by atoms with E-state index >= 15 is 0 Å². The smallest absolute Gasteiger partial charge is 0.202 e. The molecule has 0 radical (unpaired) electrons. The van der Waals surface area contributed by atoms with Crippen LogP contribution in [0.2, 0.25) is 0 Å². The van der Waals surface area contributed by atoms with Crippen molar-refractivity contribution in [3.05, 3.63) is 55.7 Å². The maximum atomic E-state index is 11.0. The molecule has 0 N–H and O–H groups in total. The topological polar surface area (TPSA) is 68.3 Å². The molecule has 0 aromatic heterocycles. The van der Waals surface area contributed by atoms with Gasteiger partial charge in [0.1, 0.15) is 0 Å². The van der Waals surface area contributed by atoms with Crippen LogP contribution in [0.3, 0.4) is 0 Å². The Labute approximate surface area is 234 Å². The Morgan fingerprint density at radius 1 is 0.342 bits per heavy atom. The van der Waals surface area contributed by atoms with Gasteiger partial charge in [0.05, 0.1) is 0 Å². The lowest BCUT2D eigenvalue weighted by Gasteiger charge is -2.07. The number of ketones is 4. The largest absolute Gasteiger partial charge is 0.295 e. The van der Waals surface area contributed by atoms with E-state index in [-0.39, 0.29) is 23.1 Å². The fraction of sp³-hybridized carbons (Fsp3) is 0.529. The van der Waals surface area contributed by atoms with E-state index in [4.69, 9.17) is 0 Å². The Bertz CT molecular complexity index is 1020. The molecule has 0 bridgehead atoms. The molecule has 4 nitrogen and oxygen atoms in total. The van der Waals surface area contributed by atoms with Gasteiger partial charge in [-0.2, -0.15) is 0 Å². The van der Waals surface area contributed by atoms with Gasteiger partial charge in [-0.15, -0.1) is 0 Å². The maximum absolute atomic E-state index is 11.0. The summed E-state index contributed by atoms with van der Waals surface area (Å²) in [7, 11) is 0. The monoisotopic (exact) mass is 526 g/mol. The third kappa shape index (κ3) is 21.1. The van der Waals surface area contributed by atoms with E-state index in [0.717, 1.165) is 33.4 Å². The Kier molecular flexibility index (Phi) is 24.3. The first-order chi connectivity index (χ1) is 17.1. The molecule has 0 aliphatic heterocycles. The minimum Gasteiger partial charge on any atom is -0.295 e. The number of Topliss-reactive ketones (excluding diaryl/α,β-unsaturated/α-hetero) is 4. The molecule has 0 atom stereocenters. The average Bonchev–Trinajstić information content (AvgIpc) is 2.81. The van der Waals surface area contributed by atoms with Crippen molar-refractivity contribution in [1.82, 2.24) is 0 Å². The molecule has 0 saturated heterocycles. The average molecular weight is 527 g/mol. The van der Waals surface area contributed by atoms with E-state index in [1.165, 1.54) is 29.2 Å². The highest BCUT2D eigenvalue weighted by Gasteiger charge is 2.05. The van der Waals surface area contributed by atoms with Crippen LogP contribution >= 0.6 is 0 Å². The molecule has 0 saturated carbocycles. The summed E-state index contributed by atoms with van der Waals surface area (Å²) >= 11 is 0. The summed E-state index contributed by atoms with van der Waals surface area (Å²) in [6.45, 7) is 33.7. The second-order valence-electron chi connectivity index (χ2n) is 9.97. The van der Waals surface area contributed by atoms with Gasteiger partial charge in [-0.3, -0.25) is 19.2 Å². The molecule has 0 amide bonds. The fourth-order valence-corrected chi connectivity index (χ4v) is 2.37. The molecule has 38 heavy (non-hydrogen) atoms. The second kappa shape index (κ2) is 22.0. The van der Waals surface area contributed by atoms with Gasteiger partial charge in [-0.1, -0.05) is 22.6 Å². The minimum atomic E-state index is -0.0718. The molecule has 0 aromatic carbocycles. The van der Waals surface area contributed by atoms with Crippen molar-refractivity contribution in [3.8, 4) is 11.8 Å². The molecule has 0 aromatic rings. The van der Waals surface area contributed by atoms with Gasteiger partial charge in [0, 0.05) is 6.92 Å². The van der Waals surface area contributed by atoms with Gasteiger partial charge in [0.15, 0.2) is 17.3 Å². The third-order valence-electron chi connectivity index (χ3n) is 6.39. The summed E-state index contributed by atoms with van der Waals surface area (Å²) < 4.78 is 0. The van der Waals surface area contributed by atoms with E-state index in [1.807, 2.05) is 48.5 Å². The number of allylic oxidation sites excluding steroid dienone is 10. The summed E-state index contributed by atoms with van der Waals surface area (Å²) in [5.41, 5.74) is 10.9. The van der Waals surface area contributed by atoms with Crippen molar-refractivity contribution < 1.29 is 19.2 Å². The molecular formula is C34H54O4. The van der Waals surface area contributed by atoms with Crippen molar-refractivity contribution in [1.29, 1.82) is 0 Å². The maximum Gasteiger partial charge on any atom is 0.202 e. The number of hydrogen-bond acceptors (Lipinski definition) is 4. The first-order valence-electron chi connectivity index (χ1n) is 12.8. The quantitative estimate of drug-likeness (QED) is 0.155. The Balaban J connectivity index is -0.000000210. The Morgan fingerprint density at radius 2 is 0.579 bits per heavy atom. The SMILES string of the molecule is CC#CC(C)=O.CC(=O)/C(C)=C(/C)C(C)=C(C)C.CC(=O)/C(C)=C(\C)C(C)=C(C)C.CC(=O)C(C)=C(C)C. The molecule has 0 fully saturated rings. The number of carbonyl (C=O) groups excluding carboxylic acids is 4. The zero-order valence-electron chi connectivity index (χ0n) is 27.6. The highest BCUT2D eigenvalue weighted by Crippen LogP contribution is 2.18. The van der Waals surface area contributed by atoms with Crippen LogP contribution < -0.4 is 0 Å². The molecule has 0 spiro atoms. The summed E-state index contributed by atoms with van der Waals surface area (Å²) in [6.07, 6.45) is 0. The lowest BCUT2D eigenvalue weighted by Crippen LogP contribution is -1.97. The van der Waals surface area contributed by atoms with Crippen molar-refractivity contribution in [2.24, 2.45) is 0 Å². The van der Waals surface area contributed by atoms with Gasteiger partial charge in [0.2, 0.25) is 5.78 Å². The molecule has 0 heterocycles. The number of rotatable bonds is 5. The highest BCUT2D eigenvalue weighted by molar-refractivity contribution is 5.95. The molecular weight excluding hydrogens is 472 g/mol. The zero-order valence-corrected chi connectivity index (χ0v) is 27.6. The van der Waals surface area contributed by atoms with Crippen LogP contribution in [0.15, 0.2) is 55.7 Å². The van der Waals surface area contributed by atoms with Crippen LogP contribution in [0.25, 0.3) is 0 Å². The van der Waals surface area contributed by atoms with Crippen molar-refractivity contribution in [3.63, 3.8) is 0 Å². The van der Waals surface area contributed by atoms with Gasteiger partial charge >= 0.3 is 0 Å². The highest BCUT2D eigenvalue weighted by atomic mass is 16.1. The van der Waals surface area contributed by atoms with Gasteiger partial charge in [-0.05, 0) is 163 Å². The van der Waals surface area contributed by atoms with Crippen molar-refractivity contribution >= 4 is 23.1 Å². The number of hydrogen-bond donors (Lipinski definition) is 0. The molecule has 0 rings (SSSR count). The van der Waals surface area contributed by atoms with E-state index in [0.29, 0.717) is 0 Å². The van der Waals surface area contributed by atoms with Crippen LogP contribution in [0, 0.1) is 11.8 Å². The molecule has 214 valence electrons. The predicted octanol–water partition coefficient (Wildman–Crippen LogP) is 9.07. The second-order valence-corrected chi connectivity index (χ2v) is 9.97. The van der Waals surface area contributed by atoms with Crippen LogP contribution in [0.4, 0.5) is 0 Å². The lowest BCUT2D eigenvalue weighted by molar-refractivity contribution is -0.114. The first-order valence-corrected chi connectivity index (χ1v) is 12.8. The van der Waals surface area contributed by atoms with Crippen LogP contribution in [0.1, 0.15) is 125 Å². The Morgan fingerprint density at radius 3 is 0.658 bits per heavy atom. The predicted molar refractivity (Wildman–Crippen MR) is 165 cm³/mol. The van der Waals surface area contributed by atoms with E-state index < -0.39 is 0 Å². The Hall–Kier alpha value is -3.06. The van der Waals surface area contributed by atoms with Crippen molar-refractivity contribution in [2.45, 2.75) is 125 Å². The van der Waals surface area contributed by atoms with Crippen LogP contribution in [0.5, 0.6) is 0 Å². The van der Waals surface area contributed by atoms with Gasteiger partial charge < -0.3 is 0 Å². The van der Waals surface area contributed by atoms with E-state index in [1.54, 1.807) is 27.7 Å². The standard InChI is InChI=1S/2C11H18O.C7H12O.C5H6O/c2*1-7(2)8(3)9(4)10(5)11(6)12;1-5(2)6(3)7(4)8;1-3-4-5(2)6/h2*1-6H3;1-4H3;1-2H3/b10-9+;10-9-;;. The van der Waals surface area contributed by atoms with E-state index in [9.17, 15) is 19.2 Å². The van der Waals surface area contributed by atoms with E-state index in [2.05, 4.69) is 53.4 Å². The summed E-state index contributed by atoms with van der Waals surface area (Å²) in [4.78, 5) is 42.5. The van der Waals surface area contributed by atoms with Crippen LogP contribution in [-0.4, -0.2) is 23.1 Å². The lowest BCUT2D eigenvalue weighted by atomic mass is 9.98. The fourth-order valence-electron chi connectivity index (χ4n) is 2.37. The van der Waals surface area contributed by atoms with Crippen LogP contribution in [-0.2, 0) is 19.2 Å². The molecule has 0 aliphatic carbocycles. The number of carbonyl (C=O) groups is 4.